The van der Waals surface area contributed by atoms with Gasteiger partial charge in [0, 0.05) is 16.9 Å². The lowest BCUT2D eigenvalue weighted by Crippen LogP contribution is -2.32. The van der Waals surface area contributed by atoms with Crippen molar-refractivity contribution in [2.45, 2.75) is 31.1 Å². The van der Waals surface area contributed by atoms with Gasteiger partial charge in [-0.15, -0.1) is 0 Å². The first kappa shape index (κ1) is 27.1. The number of rotatable bonds is 9. The van der Waals surface area contributed by atoms with Gasteiger partial charge in [0.1, 0.15) is 10.7 Å². The number of nitrogens with zero attached hydrogens (tertiary/aromatic N) is 1. The molecule has 3 aromatic rings. The minimum absolute atomic E-state index is 0.0795. The summed E-state index contributed by atoms with van der Waals surface area (Å²) in [5, 5.41) is 10.4. The fourth-order valence-electron chi connectivity index (χ4n) is 3.85. The number of halogens is 1. The van der Waals surface area contributed by atoms with Gasteiger partial charge in [0.2, 0.25) is 10.0 Å². The van der Waals surface area contributed by atoms with Crippen molar-refractivity contribution in [3.05, 3.63) is 94.7 Å². The number of amides is 3. The molecular formula is C27H25ClN4O5S. The van der Waals surface area contributed by atoms with Gasteiger partial charge < -0.3 is 10.6 Å². The van der Waals surface area contributed by atoms with Crippen molar-refractivity contribution in [2.75, 3.05) is 15.5 Å². The molecule has 0 aromatic heterocycles. The van der Waals surface area contributed by atoms with E-state index in [2.05, 4.69) is 17.6 Å². The van der Waals surface area contributed by atoms with E-state index in [0.29, 0.717) is 17.1 Å². The van der Waals surface area contributed by atoms with Gasteiger partial charge in [-0.1, -0.05) is 43.1 Å². The molecule has 3 amide bonds. The standard InChI is InChI=1S/C27H25ClN4O5S/c1-2-3-5-17-8-12-21(13-9-17)32-26(34)23(28)24(27(32)35)30-20-7-4-6-18(16-20)25(33)31-19-10-14-22(15-11-19)38(29,36)37/h4,6-16,30H,2-3,5H2,1H3,(H,31,33)(H2,29,36,37). The van der Waals surface area contributed by atoms with Crippen LogP contribution in [-0.2, 0) is 26.0 Å². The molecule has 38 heavy (non-hydrogen) atoms. The van der Waals surface area contributed by atoms with Crippen molar-refractivity contribution < 1.29 is 22.8 Å². The van der Waals surface area contributed by atoms with Crippen LogP contribution in [0.4, 0.5) is 17.1 Å². The van der Waals surface area contributed by atoms with E-state index in [1.54, 1.807) is 30.3 Å². The molecule has 0 bridgehead atoms. The van der Waals surface area contributed by atoms with Crippen LogP contribution in [-0.4, -0.2) is 26.1 Å². The lowest BCUT2D eigenvalue weighted by atomic mass is 10.1. The van der Waals surface area contributed by atoms with Crippen LogP contribution in [0.2, 0.25) is 0 Å². The number of nitrogens with two attached hydrogens (primary N) is 1. The van der Waals surface area contributed by atoms with Crippen LogP contribution in [0.5, 0.6) is 0 Å². The Balaban J connectivity index is 1.47. The molecule has 0 atom stereocenters. The van der Waals surface area contributed by atoms with Crippen molar-refractivity contribution in [1.29, 1.82) is 0 Å². The van der Waals surface area contributed by atoms with E-state index in [0.717, 1.165) is 29.7 Å². The topological polar surface area (TPSA) is 139 Å². The van der Waals surface area contributed by atoms with Gasteiger partial charge in [-0.05, 0) is 73.0 Å². The molecule has 0 unspecified atom stereocenters. The van der Waals surface area contributed by atoms with Crippen LogP contribution < -0.4 is 20.7 Å². The van der Waals surface area contributed by atoms with Gasteiger partial charge in [0.05, 0.1) is 10.6 Å². The number of hydrogen-bond acceptors (Lipinski definition) is 6. The number of carbonyl (C=O) groups excluding carboxylic acids is 3. The van der Waals surface area contributed by atoms with Crippen LogP contribution in [0.15, 0.2) is 88.4 Å². The molecule has 0 radical (unpaired) electrons. The molecule has 0 saturated carbocycles. The Morgan fingerprint density at radius 1 is 0.947 bits per heavy atom. The number of benzene rings is 3. The highest BCUT2D eigenvalue weighted by molar-refractivity contribution is 7.89. The monoisotopic (exact) mass is 552 g/mol. The van der Waals surface area contributed by atoms with Crippen molar-refractivity contribution in [3.63, 3.8) is 0 Å². The normalized spacial score (nSPS) is 13.7. The van der Waals surface area contributed by atoms with Gasteiger partial charge >= 0.3 is 0 Å². The minimum Gasteiger partial charge on any atom is -0.350 e. The van der Waals surface area contributed by atoms with Crippen molar-refractivity contribution in [3.8, 4) is 0 Å². The number of nitrogens with one attached hydrogen (secondary N) is 2. The molecule has 11 heteroatoms. The molecule has 0 saturated heterocycles. The third-order valence-corrected chi connectivity index (χ3v) is 7.16. The van der Waals surface area contributed by atoms with E-state index in [9.17, 15) is 22.8 Å². The lowest BCUT2D eigenvalue weighted by Gasteiger charge is -2.16. The smallest absolute Gasteiger partial charge is 0.283 e. The largest absolute Gasteiger partial charge is 0.350 e. The van der Waals surface area contributed by atoms with E-state index < -0.39 is 27.7 Å². The number of anilines is 3. The van der Waals surface area contributed by atoms with Crippen LogP contribution in [0.25, 0.3) is 0 Å². The van der Waals surface area contributed by atoms with Gasteiger partial charge in [-0.2, -0.15) is 0 Å². The Morgan fingerprint density at radius 3 is 2.26 bits per heavy atom. The zero-order valence-electron chi connectivity index (χ0n) is 20.4. The van der Waals surface area contributed by atoms with Crippen LogP contribution >= 0.6 is 11.6 Å². The number of carbonyl (C=O) groups is 3. The Kier molecular flexibility index (Phi) is 7.96. The molecular weight excluding hydrogens is 528 g/mol. The van der Waals surface area contributed by atoms with Gasteiger partial charge in [0.25, 0.3) is 17.7 Å². The molecule has 196 valence electrons. The Hall–Kier alpha value is -3.99. The summed E-state index contributed by atoms with van der Waals surface area (Å²) in [5.74, 6) is -1.72. The number of unbranched alkanes of at least 4 members (excludes halogenated alkanes) is 1. The zero-order chi connectivity index (χ0) is 27.4. The summed E-state index contributed by atoms with van der Waals surface area (Å²) in [4.78, 5) is 39.6. The third kappa shape index (κ3) is 5.94. The average molecular weight is 553 g/mol. The second-order valence-electron chi connectivity index (χ2n) is 8.63. The summed E-state index contributed by atoms with van der Waals surface area (Å²) >= 11 is 6.25. The Labute approximate surface area is 225 Å². The van der Waals surface area contributed by atoms with E-state index in [1.165, 1.54) is 30.3 Å². The highest BCUT2D eigenvalue weighted by atomic mass is 35.5. The fourth-order valence-corrected chi connectivity index (χ4v) is 4.58. The first-order chi connectivity index (χ1) is 18.1. The Morgan fingerprint density at radius 2 is 1.63 bits per heavy atom. The molecule has 1 aliphatic heterocycles. The second kappa shape index (κ2) is 11.2. The summed E-state index contributed by atoms with van der Waals surface area (Å²) < 4.78 is 22.8. The van der Waals surface area contributed by atoms with Crippen LogP contribution in [0.3, 0.4) is 0 Å². The van der Waals surface area contributed by atoms with E-state index in [-0.39, 0.29) is 21.2 Å². The summed E-state index contributed by atoms with van der Waals surface area (Å²) in [7, 11) is -3.85. The van der Waals surface area contributed by atoms with Gasteiger partial charge in [-0.25, -0.2) is 18.5 Å². The summed E-state index contributed by atoms with van der Waals surface area (Å²) in [6.45, 7) is 2.11. The lowest BCUT2D eigenvalue weighted by molar-refractivity contribution is -0.120. The first-order valence-corrected chi connectivity index (χ1v) is 13.7. The zero-order valence-corrected chi connectivity index (χ0v) is 22.0. The van der Waals surface area contributed by atoms with Gasteiger partial charge in [0.15, 0.2) is 0 Å². The maximum atomic E-state index is 13.1. The predicted molar refractivity (Wildman–Crippen MR) is 146 cm³/mol. The van der Waals surface area contributed by atoms with Crippen molar-refractivity contribution in [1.82, 2.24) is 0 Å². The summed E-state index contributed by atoms with van der Waals surface area (Å²) in [6.07, 6.45) is 3.02. The van der Waals surface area contributed by atoms with Crippen molar-refractivity contribution >= 4 is 56.4 Å². The molecule has 4 rings (SSSR count). The number of hydrogen-bond donors (Lipinski definition) is 3. The summed E-state index contributed by atoms with van der Waals surface area (Å²) in [5.41, 5.74) is 2.41. The second-order valence-corrected chi connectivity index (χ2v) is 10.6. The number of imide groups is 1. The van der Waals surface area contributed by atoms with Crippen molar-refractivity contribution in [2.24, 2.45) is 5.14 Å². The molecule has 1 heterocycles. The van der Waals surface area contributed by atoms with E-state index in [4.69, 9.17) is 16.7 Å². The third-order valence-electron chi connectivity index (χ3n) is 5.88. The minimum atomic E-state index is -3.85. The number of primary sulfonamides is 1. The maximum Gasteiger partial charge on any atom is 0.283 e. The molecule has 0 fully saturated rings. The maximum absolute atomic E-state index is 13.1. The molecule has 1 aliphatic rings. The predicted octanol–water partition coefficient (Wildman–Crippen LogP) is 4.36. The molecule has 3 aromatic carbocycles. The highest BCUT2D eigenvalue weighted by Crippen LogP contribution is 2.30. The molecule has 0 spiro atoms. The molecule has 0 aliphatic carbocycles. The van der Waals surface area contributed by atoms with Crippen LogP contribution in [0, 0.1) is 0 Å². The molecule has 4 N–H and O–H groups in total. The fraction of sp³-hybridized carbons (Fsp3) is 0.148. The molecule has 9 nitrogen and oxygen atoms in total. The highest BCUT2D eigenvalue weighted by Gasteiger charge is 2.39. The quantitative estimate of drug-likeness (QED) is 0.337. The van der Waals surface area contributed by atoms with E-state index in [1.807, 2.05) is 12.1 Å². The van der Waals surface area contributed by atoms with E-state index >= 15 is 0 Å². The summed E-state index contributed by atoms with van der Waals surface area (Å²) in [6, 6.07) is 18.9. The first-order valence-electron chi connectivity index (χ1n) is 11.8. The van der Waals surface area contributed by atoms with Crippen LogP contribution in [0.1, 0.15) is 35.7 Å². The van der Waals surface area contributed by atoms with Gasteiger partial charge in [-0.3, -0.25) is 14.4 Å². The average Bonchev–Trinajstić information content (AvgIpc) is 3.10. The number of aryl methyl sites for hydroxylation is 1. The SMILES string of the molecule is CCCCc1ccc(N2C(=O)C(Cl)=C(Nc3cccc(C(=O)Nc4ccc(S(N)(=O)=O)cc4)c3)C2=O)cc1. The Bertz CT molecular complexity index is 1530. The number of sulfonamides is 1.